The minimum atomic E-state index is -4.45. The van der Waals surface area contributed by atoms with E-state index in [0.29, 0.717) is 28.4 Å². The fourth-order valence-electron chi connectivity index (χ4n) is 4.05. The highest BCUT2D eigenvalue weighted by molar-refractivity contribution is 7.59. The molecule has 34 heavy (non-hydrogen) atoms. The van der Waals surface area contributed by atoms with Gasteiger partial charge in [0, 0.05) is 36.3 Å². The van der Waals surface area contributed by atoms with Crippen LogP contribution in [0.25, 0.3) is 22.6 Å². The minimum absolute atomic E-state index is 0. The molecule has 1 aliphatic rings. The summed E-state index contributed by atoms with van der Waals surface area (Å²) in [5.74, 6) is 0.121. The predicted octanol–water partition coefficient (Wildman–Crippen LogP) is 5.26. The van der Waals surface area contributed by atoms with E-state index in [-0.39, 0.29) is 37.6 Å². The fourth-order valence-corrected chi connectivity index (χ4v) is 4.05. The van der Waals surface area contributed by atoms with E-state index in [1.807, 2.05) is 13.0 Å². The SMILES string of the molecule is Cc1cc(N2C[C@H](C)n3ncc(-c4cc(-c5cccnc5)on4)c3C2=O)ccc1C(F)(F)F.S. The average molecular weight is 488 g/mol. The summed E-state index contributed by atoms with van der Waals surface area (Å²) in [5, 5.41) is 8.47. The van der Waals surface area contributed by atoms with Gasteiger partial charge in [-0.25, -0.2) is 0 Å². The Balaban J connectivity index is 0.00000274. The van der Waals surface area contributed by atoms with Crippen LogP contribution in [-0.2, 0) is 6.18 Å². The van der Waals surface area contributed by atoms with Gasteiger partial charge in [-0.15, -0.1) is 0 Å². The smallest absolute Gasteiger partial charge is 0.356 e. The Morgan fingerprint density at radius 1 is 1.15 bits per heavy atom. The second kappa shape index (κ2) is 8.64. The highest BCUT2D eigenvalue weighted by Gasteiger charge is 2.36. The van der Waals surface area contributed by atoms with Crippen LogP contribution >= 0.6 is 13.5 Å². The number of nitrogens with zero attached hydrogens (tertiary/aromatic N) is 5. The number of halogens is 3. The molecule has 176 valence electrons. The number of carbonyl (C=O) groups is 1. The number of hydrogen-bond donors (Lipinski definition) is 0. The van der Waals surface area contributed by atoms with E-state index in [1.54, 1.807) is 35.4 Å². The molecule has 1 atom stereocenters. The van der Waals surface area contributed by atoms with Crippen molar-refractivity contribution in [1.29, 1.82) is 0 Å². The lowest BCUT2D eigenvalue weighted by molar-refractivity contribution is -0.138. The lowest BCUT2D eigenvalue weighted by Gasteiger charge is -2.32. The Kier molecular flexibility index (Phi) is 5.98. The first-order chi connectivity index (χ1) is 15.7. The second-order valence-electron chi connectivity index (χ2n) is 7.93. The first-order valence-electron chi connectivity index (χ1n) is 10.2. The van der Waals surface area contributed by atoms with E-state index >= 15 is 0 Å². The quantitative estimate of drug-likeness (QED) is 0.394. The molecule has 0 bridgehead atoms. The second-order valence-corrected chi connectivity index (χ2v) is 7.93. The Morgan fingerprint density at radius 2 is 1.94 bits per heavy atom. The number of alkyl halides is 3. The van der Waals surface area contributed by atoms with Gasteiger partial charge in [0.25, 0.3) is 5.91 Å². The first kappa shape index (κ1) is 23.6. The van der Waals surface area contributed by atoms with Gasteiger partial charge in [0.1, 0.15) is 11.4 Å². The molecular weight excluding hydrogens is 467 g/mol. The molecule has 3 aromatic heterocycles. The van der Waals surface area contributed by atoms with Crippen LogP contribution in [0.1, 0.15) is 34.6 Å². The van der Waals surface area contributed by atoms with Crippen molar-refractivity contribution in [3.63, 3.8) is 0 Å². The number of aryl methyl sites for hydroxylation is 1. The van der Waals surface area contributed by atoms with E-state index in [2.05, 4.69) is 15.2 Å². The van der Waals surface area contributed by atoms with Crippen LogP contribution < -0.4 is 4.90 Å². The largest absolute Gasteiger partial charge is 0.416 e. The molecule has 1 aromatic carbocycles. The van der Waals surface area contributed by atoms with Gasteiger partial charge in [-0.1, -0.05) is 5.16 Å². The lowest BCUT2D eigenvalue weighted by Crippen LogP contribution is -2.42. The van der Waals surface area contributed by atoms with Crippen molar-refractivity contribution in [2.45, 2.75) is 26.1 Å². The van der Waals surface area contributed by atoms with Gasteiger partial charge in [-0.3, -0.25) is 14.5 Å². The van der Waals surface area contributed by atoms with Crippen LogP contribution in [0.4, 0.5) is 18.9 Å². The summed E-state index contributed by atoms with van der Waals surface area (Å²) in [6, 6.07) is 8.82. The molecule has 7 nitrogen and oxygen atoms in total. The number of carbonyl (C=O) groups excluding carboxylic acids is 1. The molecule has 1 amide bonds. The topological polar surface area (TPSA) is 77.1 Å². The summed E-state index contributed by atoms with van der Waals surface area (Å²) >= 11 is 0. The summed E-state index contributed by atoms with van der Waals surface area (Å²) in [4.78, 5) is 19.0. The van der Waals surface area contributed by atoms with Crippen molar-refractivity contribution in [3.8, 4) is 22.6 Å². The number of rotatable bonds is 3. The normalized spacial score (nSPS) is 15.7. The molecule has 11 heteroatoms. The van der Waals surface area contributed by atoms with E-state index < -0.39 is 11.7 Å². The summed E-state index contributed by atoms with van der Waals surface area (Å²) < 4.78 is 46.6. The van der Waals surface area contributed by atoms with Crippen LogP contribution in [0.5, 0.6) is 0 Å². The third-order valence-electron chi connectivity index (χ3n) is 5.67. The molecule has 0 spiro atoms. The van der Waals surface area contributed by atoms with Gasteiger partial charge in [-0.2, -0.15) is 31.8 Å². The van der Waals surface area contributed by atoms with Crippen LogP contribution in [0, 0.1) is 6.92 Å². The molecule has 0 unspecified atom stereocenters. The molecular formula is C23H20F3N5O2S. The predicted molar refractivity (Wildman–Crippen MR) is 124 cm³/mol. The zero-order valence-corrected chi connectivity index (χ0v) is 19.2. The Hall–Kier alpha value is -3.60. The Labute approximate surface area is 199 Å². The minimum Gasteiger partial charge on any atom is -0.356 e. The van der Waals surface area contributed by atoms with E-state index in [1.165, 1.54) is 24.0 Å². The number of amides is 1. The molecule has 0 radical (unpaired) electrons. The first-order valence-corrected chi connectivity index (χ1v) is 10.2. The average Bonchev–Trinajstić information content (AvgIpc) is 3.43. The zero-order chi connectivity index (χ0) is 23.3. The Bertz CT molecular complexity index is 1350. The third-order valence-corrected chi connectivity index (χ3v) is 5.67. The molecule has 0 aliphatic carbocycles. The summed E-state index contributed by atoms with van der Waals surface area (Å²) in [7, 11) is 0. The monoisotopic (exact) mass is 487 g/mol. The van der Waals surface area contributed by atoms with Gasteiger partial charge >= 0.3 is 6.18 Å². The fraction of sp³-hybridized carbons (Fsp3) is 0.217. The van der Waals surface area contributed by atoms with E-state index in [0.717, 1.165) is 11.6 Å². The molecule has 0 saturated carbocycles. The van der Waals surface area contributed by atoms with Crippen molar-refractivity contribution in [2.75, 3.05) is 11.4 Å². The number of hydrogen-bond acceptors (Lipinski definition) is 5. The maximum atomic E-state index is 13.5. The molecule has 4 heterocycles. The summed E-state index contributed by atoms with van der Waals surface area (Å²) in [5.41, 5.74) is 1.68. The maximum absolute atomic E-state index is 13.5. The van der Waals surface area contributed by atoms with Gasteiger partial charge in [0.05, 0.1) is 23.4 Å². The summed E-state index contributed by atoms with van der Waals surface area (Å²) in [6.07, 6.45) is 0.384. The highest BCUT2D eigenvalue weighted by Crippen LogP contribution is 2.37. The van der Waals surface area contributed by atoms with Gasteiger partial charge < -0.3 is 9.42 Å². The molecule has 0 saturated heterocycles. The van der Waals surface area contributed by atoms with Gasteiger partial charge in [0.15, 0.2) is 5.76 Å². The van der Waals surface area contributed by atoms with Crippen molar-refractivity contribution >= 4 is 25.1 Å². The van der Waals surface area contributed by atoms with Crippen LogP contribution in [0.2, 0.25) is 0 Å². The number of fused-ring (bicyclic) bond motifs is 1. The number of aromatic nitrogens is 4. The molecule has 4 aromatic rings. The van der Waals surface area contributed by atoms with Crippen molar-refractivity contribution in [3.05, 3.63) is 71.8 Å². The maximum Gasteiger partial charge on any atom is 0.416 e. The van der Waals surface area contributed by atoms with E-state index in [9.17, 15) is 18.0 Å². The number of pyridine rings is 1. The van der Waals surface area contributed by atoms with Crippen LogP contribution in [0.3, 0.4) is 0 Å². The van der Waals surface area contributed by atoms with Crippen molar-refractivity contribution in [1.82, 2.24) is 19.9 Å². The molecule has 0 N–H and O–H groups in total. The highest BCUT2D eigenvalue weighted by atomic mass is 32.1. The molecule has 5 rings (SSSR count). The van der Waals surface area contributed by atoms with Gasteiger partial charge in [-0.05, 0) is 49.7 Å². The lowest BCUT2D eigenvalue weighted by atomic mass is 10.0. The number of benzene rings is 1. The standard InChI is InChI=1S/C23H18F3N5O2.H2S/c1-13-8-16(5-6-18(13)23(24,25)26)30-12-14(2)31-21(22(30)32)17(11-28-31)19-9-20(33-29-19)15-4-3-7-27-10-15;/h3-11,14H,12H2,1-2H3;1H2/t14-;/m0./s1. The van der Waals surface area contributed by atoms with Crippen LogP contribution in [0.15, 0.2) is 59.5 Å². The van der Waals surface area contributed by atoms with Crippen molar-refractivity contribution < 1.29 is 22.5 Å². The van der Waals surface area contributed by atoms with E-state index in [4.69, 9.17) is 4.52 Å². The van der Waals surface area contributed by atoms with Gasteiger partial charge in [0.2, 0.25) is 0 Å². The molecule has 1 aliphatic heterocycles. The summed E-state index contributed by atoms with van der Waals surface area (Å²) in [6.45, 7) is 3.55. The molecule has 0 fully saturated rings. The zero-order valence-electron chi connectivity index (χ0n) is 18.2. The number of anilines is 1. The third kappa shape index (κ3) is 3.96. The van der Waals surface area contributed by atoms with Crippen LogP contribution in [-0.4, -0.2) is 32.4 Å². The Morgan fingerprint density at radius 3 is 2.62 bits per heavy atom. The van der Waals surface area contributed by atoms with Crippen molar-refractivity contribution in [2.24, 2.45) is 0 Å².